The molecule has 0 N–H and O–H groups in total. The zero-order chi connectivity index (χ0) is 15.4. The third-order valence-electron chi connectivity index (χ3n) is 2.91. The molecule has 6 heteroatoms. The number of hydrogen-bond acceptors (Lipinski definition) is 6. The van der Waals surface area contributed by atoms with E-state index in [9.17, 15) is 4.79 Å². The van der Waals surface area contributed by atoms with Gasteiger partial charge in [0.15, 0.2) is 6.04 Å². The molecule has 0 saturated carbocycles. The van der Waals surface area contributed by atoms with Crippen LogP contribution in [0.5, 0.6) is 11.5 Å². The van der Waals surface area contributed by atoms with Crippen LogP contribution in [0.1, 0.15) is 19.4 Å². The molecular formula is C15H19NO4S. The van der Waals surface area contributed by atoms with E-state index in [1.54, 1.807) is 20.3 Å². The number of carbonyl (C=O) groups excluding carboxylic acids is 1. The molecule has 1 aromatic rings. The van der Waals surface area contributed by atoms with Gasteiger partial charge in [-0.15, -0.1) is 11.8 Å². The van der Waals surface area contributed by atoms with E-state index >= 15 is 0 Å². The van der Waals surface area contributed by atoms with Crippen LogP contribution < -0.4 is 9.47 Å². The van der Waals surface area contributed by atoms with Crippen molar-refractivity contribution in [3.8, 4) is 11.5 Å². The lowest BCUT2D eigenvalue weighted by Gasteiger charge is -2.10. The molecule has 0 amide bonds. The Morgan fingerprint density at radius 3 is 2.71 bits per heavy atom. The summed E-state index contributed by atoms with van der Waals surface area (Å²) in [7, 11) is 3.21. The lowest BCUT2D eigenvalue weighted by atomic mass is 10.2. The minimum absolute atomic E-state index is 0.128. The largest absolute Gasteiger partial charge is 0.497 e. The molecular weight excluding hydrogens is 290 g/mol. The van der Waals surface area contributed by atoms with Crippen molar-refractivity contribution in [2.75, 3.05) is 20.0 Å². The molecule has 0 radical (unpaired) electrons. The topological polar surface area (TPSA) is 57.1 Å². The van der Waals surface area contributed by atoms with E-state index in [1.807, 2.05) is 26.0 Å². The van der Waals surface area contributed by atoms with Gasteiger partial charge in [-0.3, -0.25) is 4.99 Å². The predicted molar refractivity (Wildman–Crippen MR) is 83.6 cm³/mol. The molecule has 0 saturated heterocycles. The number of esters is 1. The highest BCUT2D eigenvalue weighted by atomic mass is 32.2. The Labute approximate surface area is 128 Å². The number of benzene rings is 1. The lowest BCUT2D eigenvalue weighted by Crippen LogP contribution is -2.24. The Morgan fingerprint density at radius 2 is 2.10 bits per heavy atom. The molecule has 0 aliphatic carbocycles. The first kappa shape index (κ1) is 15.7. The standard InChI is InChI=1S/C15H19NO4S/c1-9(2)20-15(17)12-8-21-14(16-12)11-6-5-10(18-3)7-13(11)19-4/h5-7,9,12H,8H2,1-4H3/t12-/m0/s1. The number of ether oxygens (including phenoxy) is 3. The van der Waals surface area contributed by atoms with Crippen LogP contribution in [0.3, 0.4) is 0 Å². The van der Waals surface area contributed by atoms with E-state index in [0.29, 0.717) is 11.5 Å². The molecule has 2 rings (SSSR count). The van der Waals surface area contributed by atoms with E-state index in [4.69, 9.17) is 14.2 Å². The van der Waals surface area contributed by atoms with Crippen molar-refractivity contribution in [1.29, 1.82) is 0 Å². The van der Waals surface area contributed by atoms with Crippen LogP contribution in [-0.4, -0.2) is 43.1 Å². The van der Waals surface area contributed by atoms with Crippen LogP contribution in [0.4, 0.5) is 0 Å². The van der Waals surface area contributed by atoms with Gasteiger partial charge in [-0.1, -0.05) is 0 Å². The number of methoxy groups -OCH3 is 2. The second-order valence-electron chi connectivity index (χ2n) is 4.81. The van der Waals surface area contributed by atoms with Crippen LogP contribution in [0, 0.1) is 0 Å². The highest BCUT2D eigenvalue weighted by molar-refractivity contribution is 8.14. The second kappa shape index (κ2) is 6.85. The van der Waals surface area contributed by atoms with Crippen LogP contribution >= 0.6 is 11.8 Å². The Bertz CT molecular complexity index is 557. The van der Waals surface area contributed by atoms with Crippen molar-refractivity contribution >= 4 is 22.8 Å². The summed E-state index contributed by atoms with van der Waals surface area (Å²) in [6, 6.07) is 5.10. The summed E-state index contributed by atoms with van der Waals surface area (Å²) in [4.78, 5) is 16.4. The summed E-state index contributed by atoms with van der Waals surface area (Å²) in [5, 5.41) is 0.792. The molecule has 1 atom stereocenters. The fourth-order valence-electron chi connectivity index (χ4n) is 1.93. The number of thioether (sulfide) groups is 1. The minimum atomic E-state index is -0.445. The third-order valence-corrected chi connectivity index (χ3v) is 4.00. The first-order valence-corrected chi connectivity index (χ1v) is 7.67. The fraction of sp³-hybridized carbons (Fsp3) is 0.467. The highest BCUT2D eigenvalue weighted by Gasteiger charge is 2.28. The average Bonchev–Trinajstić information content (AvgIpc) is 2.95. The van der Waals surface area contributed by atoms with E-state index in [-0.39, 0.29) is 12.1 Å². The van der Waals surface area contributed by atoms with Crippen molar-refractivity contribution in [3.05, 3.63) is 23.8 Å². The molecule has 0 bridgehead atoms. The predicted octanol–water partition coefficient (Wildman–Crippen LogP) is 2.52. The number of rotatable bonds is 5. The molecule has 21 heavy (non-hydrogen) atoms. The minimum Gasteiger partial charge on any atom is -0.497 e. The maximum Gasteiger partial charge on any atom is 0.332 e. The van der Waals surface area contributed by atoms with Gasteiger partial charge in [-0.05, 0) is 26.0 Å². The SMILES string of the molecule is COc1ccc(C2=N[C@H](C(=O)OC(C)C)CS2)c(OC)c1. The Kier molecular flexibility index (Phi) is 5.12. The summed E-state index contributed by atoms with van der Waals surface area (Å²) >= 11 is 1.53. The molecule has 1 aliphatic heterocycles. The van der Waals surface area contributed by atoms with Gasteiger partial charge in [-0.25, -0.2) is 4.79 Å². The quantitative estimate of drug-likeness (QED) is 0.782. The first-order chi connectivity index (χ1) is 10.0. The van der Waals surface area contributed by atoms with Crippen LogP contribution in [0.25, 0.3) is 0 Å². The number of aliphatic imine (C=N–C) groups is 1. The number of nitrogens with zero attached hydrogens (tertiary/aromatic N) is 1. The van der Waals surface area contributed by atoms with Crippen molar-refractivity contribution in [2.24, 2.45) is 4.99 Å². The zero-order valence-electron chi connectivity index (χ0n) is 12.6. The van der Waals surface area contributed by atoms with Crippen LogP contribution in [0.15, 0.2) is 23.2 Å². The molecule has 0 spiro atoms. The second-order valence-corrected chi connectivity index (χ2v) is 5.82. The normalized spacial score (nSPS) is 17.6. The van der Waals surface area contributed by atoms with Gasteiger partial charge in [0.2, 0.25) is 0 Å². The summed E-state index contributed by atoms with van der Waals surface area (Å²) in [6.45, 7) is 3.66. The molecule has 0 unspecified atom stereocenters. The Morgan fingerprint density at radius 1 is 1.33 bits per heavy atom. The molecule has 0 fully saturated rings. The number of hydrogen-bond donors (Lipinski definition) is 0. The molecule has 5 nitrogen and oxygen atoms in total. The fourth-order valence-corrected chi connectivity index (χ4v) is 2.98. The van der Waals surface area contributed by atoms with E-state index in [2.05, 4.69) is 4.99 Å². The van der Waals surface area contributed by atoms with Gasteiger partial charge in [-0.2, -0.15) is 0 Å². The highest BCUT2D eigenvalue weighted by Crippen LogP contribution is 2.32. The zero-order valence-corrected chi connectivity index (χ0v) is 13.4. The average molecular weight is 309 g/mol. The molecule has 1 aliphatic rings. The van der Waals surface area contributed by atoms with Crippen molar-refractivity contribution < 1.29 is 19.0 Å². The summed E-state index contributed by atoms with van der Waals surface area (Å²) in [6.07, 6.45) is -0.128. The molecule has 1 aromatic carbocycles. The van der Waals surface area contributed by atoms with Gasteiger partial charge < -0.3 is 14.2 Å². The van der Waals surface area contributed by atoms with Crippen molar-refractivity contribution in [3.63, 3.8) is 0 Å². The van der Waals surface area contributed by atoms with Gasteiger partial charge in [0.05, 0.1) is 20.3 Å². The Balaban J connectivity index is 2.21. The van der Waals surface area contributed by atoms with Gasteiger partial charge in [0.25, 0.3) is 0 Å². The van der Waals surface area contributed by atoms with Crippen molar-refractivity contribution in [1.82, 2.24) is 0 Å². The van der Waals surface area contributed by atoms with Gasteiger partial charge >= 0.3 is 5.97 Å². The van der Waals surface area contributed by atoms with E-state index in [0.717, 1.165) is 16.4 Å². The Hall–Kier alpha value is -1.69. The smallest absolute Gasteiger partial charge is 0.332 e. The first-order valence-electron chi connectivity index (χ1n) is 6.68. The monoisotopic (exact) mass is 309 g/mol. The van der Waals surface area contributed by atoms with E-state index < -0.39 is 6.04 Å². The third kappa shape index (κ3) is 3.69. The maximum atomic E-state index is 11.9. The molecule has 0 aromatic heterocycles. The van der Waals surface area contributed by atoms with Gasteiger partial charge in [0.1, 0.15) is 16.5 Å². The van der Waals surface area contributed by atoms with E-state index in [1.165, 1.54) is 11.8 Å². The van der Waals surface area contributed by atoms with Crippen molar-refractivity contribution in [2.45, 2.75) is 26.0 Å². The summed E-state index contributed by atoms with van der Waals surface area (Å²) < 4.78 is 15.7. The van der Waals surface area contributed by atoms with Gasteiger partial charge in [0, 0.05) is 17.4 Å². The maximum absolute atomic E-state index is 11.9. The number of carbonyl (C=O) groups is 1. The summed E-state index contributed by atoms with van der Waals surface area (Å²) in [5.74, 6) is 1.71. The summed E-state index contributed by atoms with van der Waals surface area (Å²) in [5.41, 5.74) is 0.864. The molecule has 1 heterocycles. The lowest BCUT2D eigenvalue weighted by molar-refractivity contribution is -0.148. The van der Waals surface area contributed by atoms with Crippen LogP contribution in [-0.2, 0) is 9.53 Å². The van der Waals surface area contributed by atoms with Crippen LogP contribution in [0.2, 0.25) is 0 Å². The molecule has 114 valence electrons.